The van der Waals surface area contributed by atoms with Gasteiger partial charge in [-0.3, -0.25) is 0 Å². The second-order valence-corrected chi connectivity index (χ2v) is 6.39. The van der Waals surface area contributed by atoms with Crippen LogP contribution in [-0.4, -0.2) is 13.2 Å². The molecular weight excluding hydrogens is 358 g/mol. The number of nitrogens with one attached hydrogen (secondary N) is 1. The molecule has 1 N–H and O–H groups in total. The third kappa shape index (κ3) is 5.29. The Hall–Kier alpha value is -0.0600. The summed E-state index contributed by atoms with van der Waals surface area (Å²) in [4.78, 5) is 0. The van der Waals surface area contributed by atoms with Crippen molar-refractivity contribution in [1.82, 2.24) is 5.32 Å². The van der Waals surface area contributed by atoms with Crippen molar-refractivity contribution in [2.24, 2.45) is 5.92 Å². The Bertz CT molecular complexity index is 357. The molecule has 102 valence electrons. The van der Waals surface area contributed by atoms with Crippen molar-refractivity contribution in [1.29, 1.82) is 0 Å². The zero-order valence-electron chi connectivity index (χ0n) is 11.2. The maximum absolute atomic E-state index is 5.57. The van der Waals surface area contributed by atoms with Gasteiger partial charge in [0.1, 0.15) is 5.75 Å². The smallest absolute Gasteiger partial charge is 0.147 e. The molecular formula is C14H21Br2NO. The van der Waals surface area contributed by atoms with Crippen LogP contribution in [0.3, 0.4) is 0 Å². The second-order valence-electron chi connectivity index (χ2n) is 4.68. The minimum absolute atomic E-state index is 0.670. The molecule has 0 atom stereocenters. The first-order valence-electron chi connectivity index (χ1n) is 6.36. The average Bonchev–Trinajstić information content (AvgIpc) is 2.29. The molecule has 0 radical (unpaired) electrons. The summed E-state index contributed by atoms with van der Waals surface area (Å²) in [6, 6.07) is 4.22. The fraction of sp³-hybridized carbons (Fsp3) is 0.571. The minimum atomic E-state index is 0.670. The van der Waals surface area contributed by atoms with E-state index in [1.54, 1.807) is 0 Å². The molecule has 0 amide bonds. The quantitative estimate of drug-likeness (QED) is 0.691. The molecule has 1 aromatic carbocycles. The molecule has 0 aliphatic rings. The Morgan fingerprint density at radius 1 is 1.22 bits per heavy atom. The van der Waals surface area contributed by atoms with Gasteiger partial charge in [0, 0.05) is 6.54 Å². The Labute approximate surface area is 127 Å². The third-order valence-corrected chi connectivity index (χ3v) is 3.75. The van der Waals surface area contributed by atoms with E-state index in [2.05, 4.69) is 63.2 Å². The predicted octanol–water partition coefficient (Wildman–Crippen LogP) is 4.75. The molecule has 0 aliphatic heterocycles. The monoisotopic (exact) mass is 377 g/mol. The van der Waals surface area contributed by atoms with Gasteiger partial charge in [-0.25, -0.2) is 0 Å². The molecule has 0 aliphatic carbocycles. The normalized spacial score (nSPS) is 11.0. The number of benzene rings is 1. The van der Waals surface area contributed by atoms with E-state index in [4.69, 9.17) is 4.74 Å². The van der Waals surface area contributed by atoms with Crippen molar-refractivity contribution >= 4 is 31.9 Å². The largest absolute Gasteiger partial charge is 0.492 e. The Kier molecular flexibility index (Phi) is 7.27. The number of ether oxygens (including phenoxy) is 1. The number of hydrogen-bond donors (Lipinski definition) is 1. The third-order valence-electron chi connectivity index (χ3n) is 2.57. The average molecular weight is 379 g/mol. The van der Waals surface area contributed by atoms with Crippen LogP contribution in [0.5, 0.6) is 5.75 Å². The van der Waals surface area contributed by atoms with Gasteiger partial charge < -0.3 is 10.1 Å². The Balaban J connectivity index is 2.57. The summed E-state index contributed by atoms with van der Waals surface area (Å²) in [5, 5.41) is 3.46. The van der Waals surface area contributed by atoms with Crippen molar-refractivity contribution in [2.75, 3.05) is 13.2 Å². The van der Waals surface area contributed by atoms with E-state index >= 15 is 0 Å². The fourth-order valence-corrected chi connectivity index (χ4v) is 3.13. The summed E-state index contributed by atoms with van der Waals surface area (Å²) in [5.41, 5.74) is 1.25. The molecule has 4 heteroatoms. The van der Waals surface area contributed by atoms with Crippen LogP contribution in [0.1, 0.15) is 32.8 Å². The van der Waals surface area contributed by atoms with Crippen LogP contribution in [-0.2, 0) is 6.54 Å². The maximum Gasteiger partial charge on any atom is 0.147 e. The van der Waals surface area contributed by atoms with E-state index in [1.165, 1.54) is 12.0 Å². The van der Waals surface area contributed by atoms with Crippen LogP contribution < -0.4 is 10.1 Å². The summed E-state index contributed by atoms with van der Waals surface area (Å²) in [6.07, 6.45) is 1.21. The van der Waals surface area contributed by atoms with Gasteiger partial charge in [0.05, 0.1) is 15.6 Å². The predicted molar refractivity (Wildman–Crippen MR) is 84.2 cm³/mol. The lowest BCUT2D eigenvalue weighted by Crippen LogP contribution is -2.16. The van der Waals surface area contributed by atoms with Crippen molar-refractivity contribution in [2.45, 2.75) is 33.7 Å². The highest BCUT2D eigenvalue weighted by molar-refractivity contribution is 9.11. The standard InChI is InChI=1S/C14H21Br2NO/c1-4-18-14-12(15)7-11(8-13(14)16)9-17-6-5-10(2)3/h7-8,10,17H,4-6,9H2,1-3H3. The first-order chi connectivity index (χ1) is 8.54. The molecule has 0 spiro atoms. The molecule has 0 unspecified atom stereocenters. The van der Waals surface area contributed by atoms with Gasteiger partial charge in [0.25, 0.3) is 0 Å². The zero-order chi connectivity index (χ0) is 13.5. The van der Waals surface area contributed by atoms with Gasteiger partial charge >= 0.3 is 0 Å². The highest BCUT2D eigenvalue weighted by Gasteiger charge is 2.08. The van der Waals surface area contributed by atoms with Gasteiger partial charge in [-0.1, -0.05) is 13.8 Å². The minimum Gasteiger partial charge on any atom is -0.492 e. The van der Waals surface area contributed by atoms with Crippen LogP contribution in [0, 0.1) is 5.92 Å². The lowest BCUT2D eigenvalue weighted by molar-refractivity contribution is 0.336. The molecule has 0 aromatic heterocycles. The molecule has 0 saturated heterocycles. The van der Waals surface area contributed by atoms with Gasteiger partial charge in [0.2, 0.25) is 0 Å². The van der Waals surface area contributed by atoms with Gasteiger partial charge in [-0.05, 0) is 75.4 Å². The van der Waals surface area contributed by atoms with Crippen molar-refractivity contribution in [3.63, 3.8) is 0 Å². The molecule has 0 fully saturated rings. The van der Waals surface area contributed by atoms with E-state index in [1.807, 2.05) is 6.92 Å². The topological polar surface area (TPSA) is 21.3 Å². The summed E-state index contributed by atoms with van der Waals surface area (Å²) >= 11 is 7.10. The van der Waals surface area contributed by atoms with E-state index in [-0.39, 0.29) is 0 Å². The Morgan fingerprint density at radius 3 is 2.33 bits per heavy atom. The van der Waals surface area contributed by atoms with Crippen LogP contribution in [0.25, 0.3) is 0 Å². The Morgan fingerprint density at radius 2 is 1.83 bits per heavy atom. The van der Waals surface area contributed by atoms with Gasteiger partial charge in [0.15, 0.2) is 0 Å². The van der Waals surface area contributed by atoms with Crippen molar-refractivity contribution < 1.29 is 4.74 Å². The van der Waals surface area contributed by atoms with E-state index < -0.39 is 0 Å². The van der Waals surface area contributed by atoms with E-state index in [9.17, 15) is 0 Å². The van der Waals surface area contributed by atoms with Crippen molar-refractivity contribution in [3.8, 4) is 5.75 Å². The fourth-order valence-electron chi connectivity index (χ4n) is 1.62. The SMILES string of the molecule is CCOc1c(Br)cc(CNCCC(C)C)cc1Br. The molecule has 0 heterocycles. The lowest BCUT2D eigenvalue weighted by atomic mass is 10.1. The summed E-state index contributed by atoms with van der Waals surface area (Å²) < 4.78 is 7.56. The lowest BCUT2D eigenvalue weighted by Gasteiger charge is -2.12. The summed E-state index contributed by atoms with van der Waals surface area (Å²) in [5.74, 6) is 1.62. The van der Waals surface area contributed by atoms with Crippen LogP contribution in [0.15, 0.2) is 21.1 Å². The highest BCUT2D eigenvalue weighted by Crippen LogP contribution is 2.34. The number of rotatable bonds is 7. The summed E-state index contributed by atoms with van der Waals surface area (Å²) in [7, 11) is 0. The molecule has 1 aromatic rings. The number of hydrogen-bond acceptors (Lipinski definition) is 2. The van der Waals surface area contributed by atoms with Crippen LogP contribution in [0.4, 0.5) is 0 Å². The summed E-state index contributed by atoms with van der Waals surface area (Å²) in [6.45, 7) is 9.08. The second kappa shape index (κ2) is 8.18. The zero-order valence-corrected chi connectivity index (χ0v) is 14.4. The molecule has 2 nitrogen and oxygen atoms in total. The molecule has 1 rings (SSSR count). The van der Waals surface area contributed by atoms with Crippen LogP contribution >= 0.6 is 31.9 Å². The molecule has 0 bridgehead atoms. The molecule has 18 heavy (non-hydrogen) atoms. The first-order valence-corrected chi connectivity index (χ1v) is 7.94. The molecule has 0 saturated carbocycles. The van der Waals surface area contributed by atoms with Crippen molar-refractivity contribution in [3.05, 3.63) is 26.6 Å². The van der Waals surface area contributed by atoms with E-state index in [0.29, 0.717) is 6.61 Å². The number of halogens is 2. The van der Waals surface area contributed by atoms with Gasteiger partial charge in [-0.15, -0.1) is 0 Å². The highest BCUT2D eigenvalue weighted by atomic mass is 79.9. The maximum atomic E-state index is 5.57. The first kappa shape index (κ1) is 16.0. The van der Waals surface area contributed by atoms with Crippen LogP contribution in [0.2, 0.25) is 0 Å². The van der Waals surface area contributed by atoms with Gasteiger partial charge in [-0.2, -0.15) is 0 Å². The van der Waals surface area contributed by atoms with E-state index in [0.717, 1.165) is 33.7 Å².